The highest BCUT2D eigenvalue weighted by molar-refractivity contribution is 5.29. The molecular formula is C14H22N2O2. The van der Waals surface area contributed by atoms with Gasteiger partial charge < -0.3 is 15.2 Å². The highest BCUT2D eigenvalue weighted by Crippen LogP contribution is 2.22. The molecule has 2 N–H and O–H groups in total. The molecule has 100 valence electrons. The molecule has 1 aromatic carbocycles. The molecule has 1 saturated heterocycles. The van der Waals surface area contributed by atoms with Gasteiger partial charge in [-0.15, -0.1) is 0 Å². The number of aliphatic hydroxyl groups excluding tert-OH is 1. The number of hydrogen-bond acceptors (Lipinski definition) is 4. The molecule has 0 radical (unpaired) electrons. The summed E-state index contributed by atoms with van der Waals surface area (Å²) in [6.45, 7) is 1.82. The minimum Gasteiger partial charge on any atom is -0.497 e. The number of nitrogens with zero attached hydrogens (tertiary/aromatic N) is 1. The normalized spacial score (nSPS) is 22.1. The van der Waals surface area contributed by atoms with Crippen LogP contribution in [0, 0.1) is 0 Å². The molecule has 18 heavy (non-hydrogen) atoms. The molecule has 4 nitrogen and oxygen atoms in total. The van der Waals surface area contributed by atoms with Crippen molar-refractivity contribution in [1.82, 2.24) is 10.2 Å². The summed E-state index contributed by atoms with van der Waals surface area (Å²) >= 11 is 0. The Morgan fingerprint density at radius 1 is 1.44 bits per heavy atom. The third kappa shape index (κ3) is 3.02. The standard InChI is InChI=1S/C14H22N2O2/c1-15-13(10-16-9-3-4-14(16)17)11-5-7-12(18-2)8-6-11/h5-8,13-15,17H,3-4,9-10H2,1-2H3/t13-,14+/m1/s1. The molecule has 1 aromatic rings. The molecular weight excluding hydrogens is 228 g/mol. The van der Waals surface area contributed by atoms with Gasteiger partial charge in [-0.1, -0.05) is 12.1 Å². The number of nitrogens with one attached hydrogen (secondary N) is 1. The fraction of sp³-hybridized carbons (Fsp3) is 0.571. The maximum atomic E-state index is 9.84. The van der Waals surface area contributed by atoms with Gasteiger partial charge in [-0.3, -0.25) is 4.90 Å². The summed E-state index contributed by atoms with van der Waals surface area (Å²) in [6.07, 6.45) is 1.69. The number of rotatable bonds is 5. The molecule has 1 fully saturated rings. The second-order valence-corrected chi connectivity index (χ2v) is 4.73. The second kappa shape index (κ2) is 6.18. The Morgan fingerprint density at radius 3 is 2.67 bits per heavy atom. The number of likely N-dealkylation sites (tertiary alicyclic amines) is 1. The van der Waals surface area contributed by atoms with Gasteiger partial charge in [-0.25, -0.2) is 0 Å². The molecule has 1 heterocycles. The Hall–Kier alpha value is -1.10. The molecule has 0 bridgehead atoms. The number of hydrogen-bond donors (Lipinski definition) is 2. The van der Waals surface area contributed by atoms with E-state index in [-0.39, 0.29) is 12.3 Å². The van der Waals surface area contributed by atoms with Gasteiger partial charge in [-0.05, 0) is 37.6 Å². The van der Waals surface area contributed by atoms with Crippen molar-refractivity contribution in [3.8, 4) is 5.75 Å². The predicted octanol–water partition coefficient (Wildman–Crippen LogP) is 1.37. The average Bonchev–Trinajstić information content (AvgIpc) is 2.81. The number of ether oxygens (including phenoxy) is 1. The Morgan fingerprint density at radius 2 is 2.17 bits per heavy atom. The second-order valence-electron chi connectivity index (χ2n) is 4.73. The SMILES string of the molecule is CN[C@H](CN1CCC[C@@H]1O)c1ccc(OC)cc1. The van der Waals surface area contributed by atoms with Gasteiger partial charge in [0, 0.05) is 19.1 Å². The van der Waals surface area contributed by atoms with Crippen LogP contribution in [-0.2, 0) is 0 Å². The average molecular weight is 250 g/mol. The lowest BCUT2D eigenvalue weighted by Gasteiger charge is -2.26. The van der Waals surface area contributed by atoms with Crippen molar-refractivity contribution in [1.29, 1.82) is 0 Å². The molecule has 0 saturated carbocycles. The topological polar surface area (TPSA) is 44.7 Å². The summed E-state index contributed by atoms with van der Waals surface area (Å²) in [4.78, 5) is 2.13. The van der Waals surface area contributed by atoms with Crippen LogP contribution in [0.1, 0.15) is 24.4 Å². The van der Waals surface area contributed by atoms with Crippen LogP contribution in [0.25, 0.3) is 0 Å². The number of likely N-dealkylation sites (N-methyl/N-ethyl adjacent to an activating group) is 1. The highest BCUT2D eigenvalue weighted by Gasteiger charge is 2.24. The van der Waals surface area contributed by atoms with Crippen molar-refractivity contribution in [3.63, 3.8) is 0 Å². The van der Waals surface area contributed by atoms with Crippen LogP contribution in [0.2, 0.25) is 0 Å². The van der Waals surface area contributed by atoms with E-state index in [9.17, 15) is 5.11 Å². The zero-order valence-electron chi connectivity index (χ0n) is 11.1. The predicted molar refractivity (Wildman–Crippen MR) is 71.6 cm³/mol. The van der Waals surface area contributed by atoms with E-state index >= 15 is 0 Å². The first-order chi connectivity index (χ1) is 8.74. The summed E-state index contributed by atoms with van der Waals surface area (Å²) in [6, 6.07) is 8.33. The molecule has 0 amide bonds. The van der Waals surface area contributed by atoms with Crippen LogP contribution >= 0.6 is 0 Å². The molecule has 1 aliphatic rings. The van der Waals surface area contributed by atoms with Crippen LogP contribution in [0.3, 0.4) is 0 Å². The lowest BCUT2D eigenvalue weighted by molar-refractivity contribution is 0.0323. The fourth-order valence-electron chi connectivity index (χ4n) is 2.46. The molecule has 4 heteroatoms. The van der Waals surface area contributed by atoms with Crippen LogP contribution in [0.15, 0.2) is 24.3 Å². The summed E-state index contributed by atoms with van der Waals surface area (Å²) in [5.41, 5.74) is 1.22. The van der Waals surface area contributed by atoms with Gasteiger partial charge in [0.2, 0.25) is 0 Å². The summed E-state index contributed by atoms with van der Waals surface area (Å²) < 4.78 is 5.16. The quantitative estimate of drug-likeness (QED) is 0.828. The Kier molecular flexibility index (Phi) is 4.58. The van der Waals surface area contributed by atoms with Crippen LogP contribution in [-0.4, -0.2) is 43.5 Å². The van der Waals surface area contributed by atoms with E-state index in [0.717, 1.165) is 31.7 Å². The maximum absolute atomic E-state index is 9.84. The van der Waals surface area contributed by atoms with Crippen molar-refractivity contribution < 1.29 is 9.84 Å². The van der Waals surface area contributed by atoms with Crippen molar-refractivity contribution in [3.05, 3.63) is 29.8 Å². The Bertz CT molecular complexity index is 367. The third-order valence-electron chi connectivity index (χ3n) is 3.61. The highest BCUT2D eigenvalue weighted by atomic mass is 16.5. The Labute approximate surface area is 109 Å². The molecule has 2 rings (SSSR count). The van der Waals surface area contributed by atoms with E-state index in [1.807, 2.05) is 19.2 Å². The monoisotopic (exact) mass is 250 g/mol. The first-order valence-corrected chi connectivity index (χ1v) is 6.48. The number of methoxy groups -OCH3 is 1. The molecule has 0 spiro atoms. The van der Waals surface area contributed by atoms with Crippen LogP contribution < -0.4 is 10.1 Å². The first kappa shape index (κ1) is 13.3. The largest absolute Gasteiger partial charge is 0.497 e. The zero-order valence-corrected chi connectivity index (χ0v) is 11.1. The van der Waals surface area contributed by atoms with Gasteiger partial charge in [0.15, 0.2) is 0 Å². The first-order valence-electron chi connectivity index (χ1n) is 6.48. The summed E-state index contributed by atoms with van der Waals surface area (Å²) in [7, 11) is 3.63. The van der Waals surface area contributed by atoms with E-state index in [1.165, 1.54) is 5.56 Å². The van der Waals surface area contributed by atoms with E-state index in [1.54, 1.807) is 7.11 Å². The lowest BCUT2D eigenvalue weighted by atomic mass is 10.1. The van der Waals surface area contributed by atoms with Crippen LogP contribution in [0.5, 0.6) is 5.75 Å². The molecule has 1 aliphatic heterocycles. The van der Waals surface area contributed by atoms with Crippen molar-refractivity contribution in [2.24, 2.45) is 0 Å². The van der Waals surface area contributed by atoms with Crippen molar-refractivity contribution >= 4 is 0 Å². The zero-order chi connectivity index (χ0) is 13.0. The van der Waals surface area contributed by atoms with Gasteiger partial charge in [0.25, 0.3) is 0 Å². The van der Waals surface area contributed by atoms with Gasteiger partial charge in [-0.2, -0.15) is 0 Å². The van der Waals surface area contributed by atoms with Crippen molar-refractivity contribution in [2.45, 2.75) is 25.1 Å². The van der Waals surface area contributed by atoms with Gasteiger partial charge in [0.05, 0.1) is 7.11 Å². The van der Waals surface area contributed by atoms with Gasteiger partial charge in [0.1, 0.15) is 12.0 Å². The van der Waals surface area contributed by atoms with Gasteiger partial charge >= 0.3 is 0 Å². The molecule has 0 unspecified atom stereocenters. The maximum Gasteiger partial charge on any atom is 0.118 e. The molecule has 0 aliphatic carbocycles. The van der Waals surface area contributed by atoms with E-state index in [2.05, 4.69) is 22.3 Å². The van der Waals surface area contributed by atoms with E-state index in [4.69, 9.17) is 4.74 Å². The minimum absolute atomic E-state index is 0.239. The number of aliphatic hydroxyl groups is 1. The minimum atomic E-state index is -0.279. The van der Waals surface area contributed by atoms with Crippen LogP contribution in [0.4, 0.5) is 0 Å². The third-order valence-corrected chi connectivity index (χ3v) is 3.61. The fourth-order valence-corrected chi connectivity index (χ4v) is 2.46. The number of benzene rings is 1. The van der Waals surface area contributed by atoms with E-state index in [0.29, 0.717) is 0 Å². The molecule has 0 aromatic heterocycles. The Balaban J connectivity index is 2.02. The summed E-state index contributed by atoms with van der Waals surface area (Å²) in [5.74, 6) is 0.870. The van der Waals surface area contributed by atoms with E-state index < -0.39 is 0 Å². The lowest BCUT2D eigenvalue weighted by Crippen LogP contribution is -2.36. The smallest absolute Gasteiger partial charge is 0.118 e. The summed E-state index contributed by atoms with van der Waals surface area (Å²) in [5, 5.41) is 13.2. The molecule has 2 atom stereocenters. The van der Waals surface area contributed by atoms with Crippen molar-refractivity contribution in [2.75, 3.05) is 27.2 Å².